The minimum atomic E-state index is -6.04. The van der Waals surface area contributed by atoms with E-state index in [1.54, 1.807) is 47.7 Å². The predicted molar refractivity (Wildman–Crippen MR) is 445 cm³/mol. The first-order chi connectivity index (χ1) is 52.3. The van der Waals surface area contributed by atoms with Gasteiger partial charge in [0.2, 0.25) is 11.5 Å². The maximum absolute atomic E-state index is 13.6. The van der Waals surface area contributed by atoms with Gasteiger partial charge in [-0.15, -0.1) is 0 Å². The summed E-state index contributed by atoms with van der Waals surface area (Å²) in [4.78, 5) is 24.6. The van der Waals surface area contributed by atoms with Gasteiger partial charge < -0.3 is 60.4 Å². The van der Waals surface area contributed by atoms with Gasteiger partial charge in [-0.1, -0.05) is 192 Å². The molecular weight excluding hydrogens is 1560 g/mol. The molecule has 0 saturated carbocycles. The molecule has 19 nitrogen and oxygen atoms in total. The summed E-state index contributed by atoms with van der Waals surface area (Å²) >= 11 is 3.33. The smallest absolute Gasteiger partial charge is 0.495 e. The highest BCUT2D eigenvalue weighted by Crippen LogP contribution is 2.51. The van der Waals surface area contributed by atoms with Gasteiger partial charge in [0.1, 0.15) is 28.5 Å². The quantitative estimate of drug-likeness (QED) is 0.0389. The number of amides is 2. The number of rotatable bonds is 21. The number of fused-ring (bicyclic) bond motifs is 2. The molecule has 8 aromatic rings. The highest BCUT2D eigenvalue weighted by Gasteiger charge is 2.54. The number of anilines is 2. The van der Waals surface area contributed by atoms with Crippen molar-refractivity contribution in [3.05, 3.63) is 214 Å². The number of methoxy groups -OCH3 is 8. The Morgan fingerprint density at radius 1 is 0.438 bits per heavy atom. The lowest BCUT2D eigenvalue weighted by atomic mass is 9.92. The van der Waals surface area contributed by atoms with Crippen LogP contribution in [0.15, 0.2) is 186 Å². The van der Waals surface area contributed by atoms with Crippen LogP contribution in [0.25, 0.3) is 11.3 Å². The average Bonchev–Trinajstić information content (AvgIpc) is 1.13. The van der Waals surface area contributed by atoms with Gasteiger partial charge in [0.25, 0.3) is 16.6 Å². The average molecular weight is 1660 g/mol. The summed E-state index contributed by atoms with van der Waals surface area (Å²) in [6, 6.07) is 55.2. The molecule has 0 saturated heterocycles. The Kier molecular flexibility index (Phi) is 30.0. The van der Waals surface area contributed by atoms with Crippen LogP contribution in [0.2, 0.25) is 10.1 Å². The van der Waals surface area contributed by atoms with Crippen LogP contribution in [0.5, 0.6) is 46.0 Å². The van der Waals surface area contributed by atoms with E-state index in [-0.39, 0.29) is 54.2 Å². The van der Waals surface area contributed by atoms with E-state index in [9.17, 15) is 31.2 Å². The molecule has 0 aromatic heterocycles. The van der Waals surface area contributed by atoms with E-state index in [2.05, 4.69) is 135 Å². The summed E-state index contributed by atoms with van der Waals surface area (Å²) in [5.41, 5.74) is -1.69. The minimum absolute atomic E-state index is 0. The van der Waals surface area contributed by atoms with Crippen LogP contribution in [-0.2, 0) is 45.5 Å². The molecule has 2 N–H and O–H groups in total. The normalized spacial score (nSPS) is 14.5. The monoisotopic (exact) mass is 1660 g/mol. The maximum atomic E-state index is 13.6. The van der Waals surface area contributed by atoms with Crippen molar-refractivity contribution in [2.75, 3.05) is 67.5 Å². The van der Waals surface area contributed by atoms with Gasteiger partial charge in [0.15, 0.2) is 23.0 Å². The Hall–Kier alpha value is -9.45. The van der Waals surface area contributed by atoms with Crippen LogP contribution in [0.3, 0.4) is 0 Å². The van der Waals surface area contributed by atoms with E-state index < -0.39 is 72.6 Å². The van der Waals surface area contributed by atoms with Gasteiger partial charge >= 0.3 is 27.8 Å². The first-order valence-electron chi connectivity index (χ1n) is 36.0. The number of halogens is 4. The van der Waals surface area contributed by atoms with Crippen molar-refractivity contribution in [1.29, 1.82) is 0 Å². The Morgan fingerprint density at radius 2 is 0.786 bits per heavy atom. The van der Waals surface area contributed by atoms with E-state index in [1.807, 2.05) is 133 Å². The molecule has 2 aliphatic carbocycles. The molecule has 0 aliphatic heterocycles. The van der Waals surface area contributed by atoms with Crippen molar-refractivity contribution in [2.24, 2.45) is 0 Å². The van der Waals surface area contributed by atoms with E-state index in [4.69, 9.17) is 60.4 Å². The first kappa shape index (κ1) is 89.8. The number of carbonyl (C=O) groups is 2. The van der Waals surface area contributed by atoms with E-state index in [0.717, 1.165) is 37.1 Å². The molecule has 2 amide bonds. The summed E-state index contributed by atoms with van der Waals surface area (Å²) in [7, 11) is -0.0237. The standard InChI is InChI=1S/C42H51NO7Si.C31H35F3O7SSi.C12H16BrNO3.CH4/c1-41(2,3)49-40(44)43-35-25-28(21-24-36(35)45-7)33-26-29(22-23-32-34(33)27-37(46-8)39(48-10)38(32)47-9)50-51(42(4,5)6,30-17-13-11-14-18-30)31-19-15-12-16-20-31;1-30(2,3)43(22-13-9-7-10-14-22,23-15-11-8-12-16-23)41-21-17-18-24-25(20-27(37-4)29(39-6)28(24)38-5)26(19-21)40-42(35,36)31(32,33)34;1-12(2,3)17-11(15)14-9-7-8(13)5-6-10(9)16-4;/h11-21,24-27,29H,22-23H2,1-10H3,(H,43,44);7-16,19-21H,17-18H2,1-6H3;5-7H,1-4H3,(H,14,15);1H4. The number of alkyl halides is 3. The molecule has 0 radical (unpaired) electrons. The summed E-state index contributed by atoms with van der Waals surface area (Å²) in [6.07, 6.45) is 3.17. The number of carbonyl (C=O) groups excluding carboxylic acids is 2. The SMILES string of the molecule is C.COc1cc2c(c(OC)c1OC)CCC(O[Si](c1ccccc1)(c1ccccc1)C(C)(C)C)C=C2OS(=O)(=O)C(F)(F)F.COc1ccc(Br)cc1NC(=O)OC(C)(C)C.COc1ccc(C2=CC(O[Si](c3ccccc3)(c3ccccc3)C(C)(C)C)CCc3c2cc(OC)c(OC)c3OC)cc1NC(=O)OC(C)(C)C. The number of hydrogen-bond donors (Lipinski definition) is 2. The Bertz CT molecular complexity index is 4620. The third kappa shape index (κ3) is 20.9. The van der Waals surface area contributed by atoms with Crippen molar-refractivity contribution < 1.29 is 91.6 Å². The van der Waals surface area contributed by atoms with Crippen molar-refractivity contribution in [1.82, 2.24) is 0 Å². The van der Waals surface area contributed by atoms with Crippen LogP contribution < -0.4 is 69.3 Å². The van der Waals surface area contributed by atoms with E-state index in [1.165, 1.54) is 43.8 Å². The number of benzene rings is 8. The summed E-state index contributed by atoms with van der Waals surface area (Å²) < 4.78 is 142. The largest absolute Gasteiger partial charge is 0.534 e. The van der Waals surface area contributed by atoms with Crippen LogP contribution in [0.4, 0.5) is 34.1 Å². The highest BCUT2D eigenvalue weighted by atomic mass is 79.9. The van der Waals surface area contributed by atoms with Gasteiger partial charge in [-0.3, -0.25) is 10.6 Å². The number of hydrogen-bond acceptors (Lipinski definition) is 17. The van der Waals surface area contributed by atoms with Gasteiger partial charge in [-0.2, -0.15) is 21.6 Å². The zero-order valence-corrected chi connectivity index (χ0v) is 71.1. The van der Waals surface area contributed by atoms with E-state index in [0.29, 0.717) is 58.5 Å². The Labute approximate surface area is 668 Å². The van der Waals surface area contributed by atoms with Crippen molar-refractivity contribution in [3.8, 4) is 46.0 Å². The molecule has 2 unspecified atom stereocenters. The lowest BCUT2D eigenvalue weighted by Gasteiger charge is -2.44. The molecule has 0 spiro atoms. The molecule has 0 bridgehead atoms. The van der Waals surface area contributed by atoms with Gasteiger partial charge in [-0.05, 0) is 169 Å². The van der Waals surface area contributed by atoms with Gasteiger partial charge in [-0.25, -0.2) is 9.59 Å². The molecular formula is C86H106BrF3N2O17SSi2. The second kappa shape index (κ2) is 37.5. The fourth-order valence-electron chi connectivity index (χ4n) is 13.8. The third-order valence-electron chi connectivity index (χ3n) is 18.4. The molecule has 2 aliphatic rings. The van der Waals surface area contributed by atoms with Crippen LogP contribution in [-0.4, -0.2) is 123 Å². The lowest BCUT2D eigenvalue weighted by Crippen LogP contribution is -2.67. The minimum Gasteiger partial charge on any atom is -0.495 e. The molecule has 604 valence electrons. The predicted octanol–water partition coefficient (Wildman–Crippen LogP) is 18.6. The first-order valence-corrected chi connectivity index (χ1v) is 42.0. The Morgan fingerprint density at radius 3 is 1.13 bits per heavy atom. The molecule has 8 aromatic carbocycles. The third-order valence-corrected chi connectivity index (χ3v) is 30.0. The molecule has 10 rings (SSSR count). The number of ether oxygens (including phenoxy) is 10. The molecule has 0 fully saturated rings. The number of nitrogens with one attached hydrogen (secondary N) is 2. The van der Waals surface area contributed by atoms with Crippen molar-refractivity contribution in [3.63, 3.8) is 0 Å². The topological polar surface area (TPSA) is 212 Å². The Balaban J connectivity index is 0.000000258. The fourth-order valence-corrected chi connectivity index (χ4v) is 23.9. The fraction of sp³-hybridized carbons (Fsp3) is 0.372. The molecule has 26 heteroatoms. The lowest BCUT2D eigenvalue weighted by molar-refractivity contribution is -0.0509. The van der Waals surface area contributed by atoms with Crippen molar-refractivity contribution >= 4 is 98.3 Å². The summed E-state index contributed by atoms with van der Waals surface area (Å²) in [5, 5.41) is 9.19. The molecule has 0 heterocycles. The maximum Gasteiger partial charge on any atom is 0.534 e. The molecule has 2 atom stereocenters. The zero-order valence-electron chi connectivity index (χ0n) is 66.7. The summed E-state index contributed by atoms with van der Waals surface area (Å²) in [6.45, 7) is 24.0. The zero-order chi connectivity index (χ0) is 81.7. The summed E-state index contributed by atoms with van der Waals surface area (Å²) in [5.74, 6) is 2.79. The van der Waals surface area contributed by atoms with Crippen LogP contribution >= 0.6 is 15.9 Å². The van der Waals surface area contributed by atoms with Gasteiger partial charge in [0, 0.05) is 21.2 Å². The van der Waals surface area contributed by atoms with E-state index >= 15 is 0 Å². The second-order valence-corrected chi connectivity index (χ2v) is 41.1. The van der Waals surface area contributed by atoms with Gasteiger partial charge in [0.05, 0.1) is 80.5 Å². The van der Waals surface area contributed by atoms with Crippen LogP contribution in [0.1, 0.15) is 131 Å². The highest BCUT2D eigenvalue weighted by molar-refractivity contribution is 9.10. The van der Waals surface area contributed by atoms with Crippen molar-refractivity contribution in [2.45, 2.75) is 155 Å². The second-order valence-electron chi connectivity index (χ2n) is 30.2. The molecule has 112 heavy (non-hydrogen) atoms. The van der Waals surface area contributed by atoms with Crippen LogP contribution in [0, 0.1) is 0 Å².